The molecule has 0 aliphatic heterocycles. The van der Waals surface area contributed by atoms with Gasteiger partial charge in [0.1, 0.15) is 18.1 Å². The zero-order valence-corrected chi connectivity index (χ0v) is 13.1. The molecule has 114 valence electrons. The zero-order chi connectivity index (χ0) is 14.6. The van der Waals surface area contributed by atoms with Gasteiger partial charge in [0.15, 0.2) is 0 Å². The van der Waals surface area contributed by atoms with Crippen LogP contribution in [0.15, 0.2) is 10.5 Å². The maximum atomic E-state index is 5.83. The Morgan fingerprint density at radius 1 is 1.40 bits per heavy atom. The van der Waals surface area contributed by atoms with E-state index in [0.717, 1.165) is 24.5 Å². The van der Waals surface area contributed by atoms with E-state index >= 15 is 0 Å². The average Bonchev–Trinajstić information content (AvgIpc) is 3.17. The third kappa shape index (κ3) is 4.93. The van der Waals surface area contributed by atoms with E-state index in [-0.39, 0.29) is 5.60 Å². The van der Waals surface area contributed by atoms with Crippen molar-refractivity contribution in [1.82, 2.24) is 5.32 Å². The van der Waals surface area contributed by atoms with Crippen LogP contribution < -0.4 is 5.32 Å². The summed E-state index contributed by atoms with van der Waals surface area (Å²) in [5, 5.41) is 3.47. The van der Waals surface area contributed by atoms with Gasteiger partial charge in [0.25, 0.3) is 0 Å². The fraction of sp³-hybridized carbons (Fsp3) is 0.750. The molecule has 2 rings (SSSR count). The van der Waals surface area contributed by atoms with Crippen LogP contribution in [0, 0.1) is 6.92 Å². The van der Waals surface area contributed by atoms with E-state index in [1.165, 1.54) is 18.4 Å². The van der Waals surface area contributed by atoms with Crippen LogP contribution in [0.25, 0.3) is 0 Å². The first-order valence-corrected chi connectivity index (χ1v) is 7.44. The molecule has 0 unspecified atom stereocenters. The Bertz CT molecular complexity index is 421. The van der Waals surface area contributed by atoms with Crippen LogP contribution in [-0.2, 0) is 22.6 Å². The van der Waals surface area contributed by atoms with Crippen LogP contribution >= 0.6 is 0 Å². The zero-order valence-electron chi connectivity index (χ0n) is 13.1. The van der Waals surface area contributed by atoms with Gasteiger partial charge in [0, 0.05) is 19.8 Å². The van der Waals surface area contributed by atoms with E-state index in [1.807, 2.05) is 0 Å². The minimum Gasteiger partial charge on any atom is -0.462 e. The normalized spacial score (nSPS) is 15.8. The van der Waals surface area contributed by atoms with Gasteiger partial charge in [0.05, 0.1) is 12.1 Å². The van der Waals surface area contributed by atoms with Crippen molar-refractivity contribution in [3.8, 4) is 0 Å². The number of hydrogen-bond donors (Lipinski definition) is 1. The van der Waals surface area contributed by atoms with E-state index in [2.05, 4.69) is 32.2 Å². The van der Waals surface area contributed by atoms with Crippen molar-refractivity contribution in [2.45, 2.75) is 64.8 Å². The number of ether oxygens (including phenoxy) is 2. The predicted molar refractivity (Wildman–Crippen MR) is 78.7 cm³/mol. The summed E-state index contributed by atoms with van der Waals surface area (Å²) in [5.41, 5.74) is 1.08. The Morgan fingerprint density at radius 3 is 2.80 bits per heavy atom. The summed E-state index contributed by atoms with van der Waals surface area (Å²) in [5.74, 6) is 1.94. The Balaban J connectivity index is 1.71. The molecule has 4 heteroatoms. The van der Waals surface area contributed by atoms with Gasteiger partial charge in [-0.2, -0.15) is 0 Å². The summed E-state index contributed by atoms with van der Waals surface area (Å²) in [6.45, 7) is 8.25. The molecule has 0 atom stereocenters. The molecule has 0 spiro atoms. The maximum absolute atomic E-state index is 5.83. The molecule has 0 amide bonds. The van der Waals surface area contributed by atoms with Crippen molar-refractivity contribution in [1.29, 1.82) is 0 Å². The van der Waals surface area contributed by atoms with Gasteiger partial charge >= 0.3 is 0 Å². The first-order valence-electron chi connectivity index (χ1n) is 7.44. The Kier molecular flexibility index (Phi) is 5.24. The summed E-state index contributed by atoms with van der Waals surface area (Å²) in [6, 6.07) is 2.78. The van der Waals surface area contributed by atoms with Gasteiger partial charge in [-0.15, -0.1) is 0 Å². The van der Waals surface area contributed by atoms with Gasteiger partial charge in [0.2, 0.25) is 0 Å². The number of nitrogens with one attached hydrogen (secondary N) is 1. The molecule has 1 aromatic heterocycles. The third-order valence-electron chi connectivity index (χ3n) is 3.85. The highest BCUT2D eigenvalue weighted by Gasteiger charge is 2.21. The van der Waals surface area contributed by atoms with Crippen molar-refractivity contribution < 1.29 is 13.9 Å². The molecule has 1 saturated carbocycles. The Labute approximate surface area is 121 Å². The first-order chi connectivity index (χ1) is 9.50. The average molecular weight is 281 g/mol. The molecule has 1 aliphatic carbocycles. The number of furan rings is 1. The van der Waals surface area contributed by atoms with Crippen LogP contribution in [-0.4, -0.2) is 25.4 Å². The molecular formula is C16H27NO3. The van der Waals surface area contributed by atoms with E-state index < -0.39 is 0 Å². The van der Waals surface area contributed by atoms with Gasteiger partial charge in [-0.05, 0) is 51.7 Å². The number of hydrogen-bond acceptors (Lipinski definition) is 4. The van der Waals surface area contributed by atoms with Crippen molar-refractivity contribution in [2.75, 3.05) is 13.7 Å². The minimum atomic E-state index is -0.127. The highest BCUT2D eigenvalue weighted by Crippen LogP contribution is 2.21. The minimum absolute atomic E-state index is 0.127. The maximum Gasteiger partial charge on any atom is 0.130 e. The van der Waals surface area contributed by atoms with Crippen LogP contribution in [0.2, 0.25) is 0 Å². The third-order valence-corrected chi connectivity index (χ3v) is 3.85. The van der Waals surface area contributed by atoms with Gasteiger partial charge in [-0.25, -0.2) is 0 Å². The van der Waals surface area contributed by atoms with Crippen LogP contribution in [0.1, 0.15) is 50.2 Å². The van der Waals surface area contributed by atoms with Gasteiger partial charge < -0.3 is 19.2 Å². The predicted octanol–water partition coefficient (Wildman–Crippen LogP) is 3.17. The monoisotopic (exact) mass is 281 g/mol. The lowest BCUT2D eigenvalue weighted by Gasteiger charge is -2.22. The molecule has 20 heavy (non-hydrogen) atoms. The highest BCUT2D eigenvalue weighted by molar-refractivity contribution is 5.19. The van der Waals surface area contributed by atoms with Crippen molar-refractivity contribution in [3.63, 3.8) is 0 Å². The standard InChI is InChI=1S/C16H27NO3/c1-12-9-14(11-19-8-7-16(2,3)18-4)20-15(12)10-17-13-5-6-13/h9,13,17H,5-8,10-11H2,1-4H3. The fourth-order valence-corrected chi connectivity index (χ4v) is 1.95. The molecule has 4 nitrogen and oxygen atoms in total. The highest BCUT2D eigenvalue weighted by atomic mass is 16.5. The van der Waals surface area contributed by atoms with E-state index in [4.69, 9.17) is 13.9 Å². The fourth-order valence-electron chi connectivity index (χ4n) is 1.95. The largest absolute Gasteiger partial charge is 0.462 e. The summed E-state index contributed by atoms with van der Waals surface area (Å²) in [4.78, 5) is 0. The number of methoxy groups -OCH3 is 1. The second-order valence-electron chi connectivity index (χ2n) is 6.24. The van der Waals surface area contributed by atoms with E-state index in [9.17, 15) is 0 Å². The lowest BCUT2D eigenvalue weighted by molar-refractivity contribution is -0.0144. The summed E-state index contributed by atoms with van der Waals surface area (Å²) in [6.07, 6.45) is 3.47. The smallest absolute Gasteiger partial charge is 0.130 e. The Morgan fingerprint density at radius 2 is 2.15 bits per heavy atom. The number of aryl methyl sites for hydroxylation is 1. The molecule has 1 aliphatic rings. The molecule has 1 fully saturated rings. The quantitative estimate of drug-likeness (QED) is 0.706. The molecule has 0 aromatic carbocycles. The van der Waals surface area contributed by atoms with Crippen LogP contribution in [0.4, 0.5) is 0 Å². The summed E-state index contributed by atoms with van der Waals surface area (Å²) >= 11 is 0. The van der Waals surface area contributed by atoms with Crippen molar-refractivity contribution >= 4 is 0 Å². The lowest BCUT2D eigenvalue weighted by atomic mass is 10.1. The first kappa shape index (κ1) is 15.5. The molecule has 0 bridgehead atoms. The Hall–Kier alpha value is -0.840. The summed E-state index contributed by atoms with van der Waals surface area (Å²) in [7, 11) is 1.73. The van der Waals surface area contributed by atoms with Crippen molar-refractivity contribution in [2.24, 2.45) is 0 Å². The second kappa shape index (κ2) is 6.74. The molecule has 1 heterocycles. The number of rotatable bonds is 9. The lowest BCUT2D eigenvalue weighted by Crippen LogP contribution is -2.24. The molecule has 1 aromatic rings. The van der Waals surface area contributed by atoms with E-state index in [1.54, 1.807) is 7.11 Å². The SMILES string of the molecule is COC(C)(C)CCOCc1cc(C)c(CNC2CC2)o1. The second-order valence-corrected chi connectivity index (χ2v) is 6.24. The molecular weight excluding hydrogens is 254 g/mol. The molecule has 1 N–H and O–H groups in total. The van der Waals surface area contributed by atoms with Crippen LogP contribution in [0.3, 0.4) is 0 Å². The van der Waals surface area contributed by atoms with Crippen LogP contribution in [0.5, 0.6) is 0 Å². The van der Waals surface area contributed by atoms with Gasteiger partial charge in [-0.3, -0.25) is 0 Å². The van der Waals surface area contributed by atoms with E-state index in [0.29, 0.717) is 19.3 Å². The molecule has 0 radical (unpaired) electrons. The topological polar surface area (TPSA) is 43.6 Å². The van der Waals surface area contributed by atoms with Crippen molar-refractivity contribution in [3.05, 3.63) is 23.2 Å². The molecule has 0 saturated heterocycles. The summed E-state index contributed by atoms with van der Waals surface area (Å²) < 4.78 is 16.9. The van der Waals surface area contributed by atoms with Gasteiger partial charge in [-0.1, -0.05) is 0 Å².